The Morgan fingerprint density at radius 1 is 0.957 bits per heavy atom. The van der Waals surface area contributed by atoms with Crippen molar-refractivity contribution in [1.29, 1.82) is 0 Å². The van der Waals surface area contributed by atoms with E-state index in [9.17, 15) is 4.39 Å². The summed E-state index contributed by atoms with van der Waals surface area (Å²) in [7, 11) is 3.07. The Kier molecular flexibility index (Phi) is 3.97. The Bertz CT molecular complexity index is 730. The van der Waals surface area contributed by atoms with Crippen molar-refractivity contribution < 1.29 is 23.3 Å². The molecule has 0 unspecified atom stereocenters. The number of hydrogen-bond acceptors (Lipinski definition) is 5. The molecule has 2 aromatic carbocycles. The van der Waals surface area contributed by atoms with Gasteiger partial charge in [0.15, 0.2) is 0 Å². The van der Waals surface area contributed by atoms with E-state index in [0.717, 1.165) is 0 Å². The first-order valence-electron chi connectivity index (χ1n) is 6.90. The molecule has 0 fully saturated rings. The summed E-state index contributed by atoms with van der Waals surface area (Å²) in [6, 6.07) is 8.01. The van der Waals surface area contributed by atoms with E-state index in [-0.39, 0.29) is 5.69 Å². The molecule has 0 amide bonds. The van der Waals surface area contributed by atoms with Crippen molar-refractivity contribution in [3.63, 3.8) is 0 Å². The second kappa shape index (κ2) is 6.08. The number of rotatable bonds is 4. The molecule has 2 N–H and O–H groups in total. The molecular formula is C17H16FNO4. The summed E-state index contributed by atoms with van der Waals surface area (Å²) in [4.78, 5) is 0. The lowest BCUT2D eigenvalue weighted by molar-refractivity contribution is -0.0239. The van der Waals surface area contributed by atoms with E-state index in [4.69, 9.17) is 24.7 Å². The van der Waals surface area contributed by atoms with Crippen molar-refractivity contribution in [3.05, 3.63) is 54.2 Å². The van der Waals surface area contributed by atoms with Crippen LogP contribution in [0.15, 0.2) is 42.9 Å². The number of methoxy groups -OCH3 is 2. The number of halogens is 1. The second-order valence-corrected chi connectivity index (χ2v) is 4.94. The number of benzene rings is 2. The number of nitrogens with two attached hydrogens (primary N) is 1. The first-order valence-corrected chi connectivity index (χ1v) is 6.90. The van der Waals surface area contributed by atoms with E-state index in [1.165, 1.54) is 32.8 Å². The Balaban J connectivity index is 2.10. The Labute approximate surface area is 133 Å². The molecular weight excluding hydrogens is 301 g/mol. The zero-order valence-electron chi connectivity index (χ0n) is 12.7. The van der Waals surface area contributed by atoms with Crippen LogP contribution in [0.3, 0.4) is 0 Å². The van der Waals surface area contributed by atoms with Crippen molar-refractivity contribution >= 4 is 5.69 Å². The minimum absolute atomic E-state index is 0.259. The van der Waals surface area contributed by atoms with Crippen LogP contribution in [0.25, 0.3) is 11.1 Å². The topological polar surface area (TPSA) is 62.9 Å². The monoisotopic (exact) mass is 317 g/mol. The molecule has 0 saturated carbocycles. The van der Waals surface area contributed by atoms with Crippen molar-refractivity contribution in [2.45, 2.75) is 6.29 Å². The minimum Gasteiger partial charge on any atom is -0.497 e. The zero-order valence-corrected chi connectivity index (χ0v) is 12.7. The molecule has 1 heterocycles. The van der Waals surface area contributed by atoms with Gasteiger partial charge in [-0.3, -0.25) is 0 Å². The van der Waals surface area contributed by atoms with E-state index in [0.29, 0.717) is 28.2 Å². The molecule has 0 saturated heterocycles. The molecule has 5 nitrogen and oxygen atoms in total. The number of anilines is 1. The van der Waals surface area contributed by atoms with Gasteiger partial charge in [-0.1, -0.05) is 0 Å². The standard InChI is InChI=1S/C17H16FNO4/c1-20-11-5-10(6-12(7-11)21-2)13-8-14(16(19)9-15(13)18)17-22-3-4-23-17/h3-9,17H,19H2,1-2H3. The third-order valence-electron chi connectivity index (χ3n) is 3.55. The second-order valence-electron chi connectivity index (χ2n) is 4.94. The molecule has 3 rings (SSSR count). The maximum Gasteiger partial charge on any atom is 0.268 e. The first-order chi connectivity index (χ1) is 11.1. The molecule has 2 aromatic rings. The molecule has 0 radical (unpaired) electrons. The number of nitrogen functional groups attached to an aromatic ring is 1. The van der Waals surface area contributed by atoms with E-state index < -0.39 is 12.1 Å². The maximum absolute atomic E-state index is 14.4. The molecule has 120 valence electrons. The summed E-state index contributed by atoms with van der Waals surface area (Å²) in [6.07, 6.45) is 2.16. The highest BCUT2D eigenvalue weighted by atomic mass is 19.1. The van der Waals surface area contributed by atoms with Gasteiger partial charge in [-0.2, -0.15) is 0 Å². The fourth-order valence-electron chi connectivity index (χ4n) is 2.38. The number of hydrogen-bond donors (Lipinski definition) is 1. The highest BCUT2D eigenvalue weighted by Crippen LogP contribution is 2.36. The van der Waals surface area contributed by atoms with E-state index in [2.05, 4.69) is 0 Å². The van der Waals surface area contributed by atoms with Gasteiger partial charge in [0.1, 0.15) is 29.8 Å². The summed E-state index contributed by atoms with van der Waals surface area (Å²) in [5.74, 6) is 0.673. The van der Waals surface area contributed by atoms with E-state index >= 15 is 0 Å². The van der Waals surface area contributed by atoms with Gasteiger partial charge in [0.25, 0.3) is 6.29 Å². The van der Waals surface area contributed by atoms with Crippen LogP contribution in [-0.4, -0.2) is 14.2 Å². The summed E-state index contributed by atoms with van der Waals surface area (Å²) < 4.78 is 35.4. The highest BCUT2D eigenvalue weighted by Gasteiger charge is 2.21. The van der Waals surface area contributed by atoms with E-state index in [1.807, 2.05) is 0 Å². The van der Waals surface area contributed by atoms with Gasteiger partial charge >= 0.3 is 0 Å². The van der Waals surface area contributed by atoms with Gasteiger partial charge in [-0.05, 0) is 29.8 Å². The van der Waals surface area contributed by atoms with Crippen LogP contribution in [0.5, 0.6) is 11.5 Å². The van der Waals surface area contributed by atoms with Gasteiger partial charge in [0.2, 0.25) is 0 Å². The fraction of sp³-hybridized carbons (Fsp3) is 0.176. The van der Waals surface area contributed by atoms with Crippen LogP contribution < -0.4 is 15.2 Å². The van der Waals surface area contributed by atoms with Gasteiger partial charge in [0, 0.05) is 17.3 Å². The van der Waals surface area contributed by atoms with Gasteiger partial charge in [0.05, 0.1) is 19.8 Å². The summed E-state index contributed by atoms with van der Waals surface area (Å²) in [6.45, 7) is 0. The molecule has 0 atom stereocenters. The highest BCUT2D eigenvalue weighted by molar-refractivity contribution is 5.71. The van der Waals surface area contributed by atoms with Crippen LogP contribution in [-0.2, 0) is 9.47 Å². The normalized spacial score (nSPS) is 13.5. The van der Waals surface area contributed by atoms with Gasteiger partial charge in [-0.25, -0.2) is 4.39 Å². The molecule has 0 aliphatic carbocycles. The summed E-state index contributed by atoms with van der Waals surface area (Å²) in [5.41, 5.74) is 7.65. The summed E-state index contributed by atoms with van der Waals surface area (Å²) >= 11 is 0. The molecule has 0 spiro atoms. The van der Waals surface area contributed by atoms with Crippen LogP contribution in [0.2, 0.25) is 0 Å². The van der Waals surface area contributed by atoms with Gasteiger partial charge in [-0.15, -0.1) is 0 Å². The largest absolute Gasteiger partial charge is 0.497 e. The van der Waals surface area contributed by atoms with Crippen molar-refractivity contribution in [1.82, 2.24) is 0 Å². The average molecular weight is 317 g/mol. The van der Waals surface area contributed by atoms with Gasteiger partial charge < -0.3 is 24.7 Å². The van der Waals surface area contributed by atoms with Crippen LogP contribution in [0.4, 0.5) is 10.1 Å². The quantitative estimate of drug-likeness (QED) is 0.873. The lowest BCUT2D eigenvalue weighted by Crippen LogP contribution is -2.04. The summed E-state index contributed by atoms with van der Waals surface area (Å²) in [5, 5.41) is 0. The molecule has 0 bridgehead atoms. The first kappa shape index (κ1) is 15.0. The van der Waals surface area contributed by atoms with Crippen LogP contribution >= 0.6 is 0 Å². The predicted molar refractivity (Wildman–Crippen MR) is 83.4 cm³/mol. The van der Waals surface area contributed by atoms with Crippen molar-refractivity contribution in [2.75, 3.05) is 20.0 Å². The predicted octanol–water partition coefficient (Wildman–Crippen LogP) is 3.61. The molecule has 0 aromatic heterocycles. The average Bonchev–Trinajstić information content (AvgIpc) is 3.08. The smallest absolute Gasteiger partial charge is 0.268 e. The van der Waals surface area contributed by atoms with Crippen LogP contribution in [0, 0.1) is 5.82 Å². The van der Waals surface area contributed by atoms with E-state index in [1.54, 1.807) is 24.3 Å². The Morgan fingerprint density at radius 2 is 1.57 bits per heavy atom. The molecule has 1 aliphatic rings. The molecule has 23 heavy (non-hydrogen) atoms. The molecule has 1 aliphatic heterocycles. The third kappa shape index (κ3) is 2.88. The SMILES string of the molecule is COc1cc(OC)cc(-c2cc(C3OC=CO3)c(N)cc2F)c1. The zero-order chi connectivity index (χ0) is 16.4. The Morgan fingerprint density at radius 3 is 2.13 bits per heavy atom. The van der Waals surface area contributed by atoms with Crippen LogP contribution in [0.1, 0.15) is 11.9 Å². The third-order valence-corrected chi connectivity index (χ3v) is 3.55. The lowest BCUT2D eigenvalue weighted by Gasteiger charge is -2.16. The molecule has 6 heteroatoms. The Hall–Kier alpha value is -2.89. The number of ether oxygens (including phenoxy) is 4. The van der Waals surface area contributed by atoms with Crippen molar-refractivity contribution in [2.24, 2.45) is 0 Å². The fourth-order valence-corrected chi connectivity index (χ4v) is 2.38. The maximum atomic E-state index is 14.4. The van der Waals surface area contributed by atoms with Crippen molar-refractivity contribution in [3.8, 4) is 22.6 Å². The minimum atomic E-state index is -0.679. The lowest BCUT2D eigenvalue weighted by atomic mass is 10.00.